The number of pyridine rings is 1. The van der Waals surface area contributed by atoms with E-state index >= 15 is 0 Å². The molecule has 90 valence electrons. The monoisotopic (exact) mass is 260 g/mol. The van der Waals surface area contributed by atoms with Gasteiger partial charge in [-0.1, -0.05) is 11.6 Å². The number of aromatic nitrogens is 1. The number of nitrogens with one attached hydrogen (secondary N) is 1. The zero-order valence-electron chi connectivity index (χ0n) is 9.41. The molecule has 0 radical (unpaired) electrons. The molecule has 0 bridgehead atoms. The number of ether oxygens (including phenoxy) is 1. The first-order valence-electron chi connectivity index (χ1n) is 5.27. The Bertz CT molecular complexity index is 299. The van der Waals surface area contributed by atoms with E-state index < -0.39 is 0 Å². The molecule has 1 heterocycles. The van der Waals surface area contributed by atoms with Crippen molar-refractivity contribution in [3.8, 4) is 0 Å². The summed E-state index contributed by atoms with van der Waals surface area (Å²) in [4.78, 5) is 4.22. The molecule has 0 unspecified atom stereocenters. The highest BCUT2D eigenvalue weighted by atomic mass is 35.5. The van der Waals surface area contributed by atoms with E-state index in [4.69, 9.17) is 16.3 Å². The van der Waals surface area contributed by atoms with Crippen LogP contribution in [0, 0.1) is 0 Å². The van der Waals surface area contributed by atoms with Crippen LogP contribution >= 0.6 is 23.4 Å². The van der Waals surface area contributed by atoms with Gasteiger partial charge < -0.3 is 10.1 Å². The molecule has 0 amide bonds. The van der Waals surface area contributed by atoms with Crippen molar-refractivity contribution in [1.82, 2.24) is 10.3 Å². The van der Waals surface area contributed by atoms with Gasteiger partial charge in [-0.15, -0.1) is 11.8 Å². The topological polar surface area (TPSA) is 34.1 Å². The fourth-order valence-corrected chi connectivity index (χ4v) is 2.25. The van der Waals surface area contributed by atoms with E-state index in [0.29, 0.717) is 0 Å². The molecule has 0 fully saturated rings. The van der Waals surface area contributed by atoms with Gasteiger partial charge in [0.1, 0.15) is 5.03 Å². The van der Waals surface area contributed by atoms with Gasteiger partial charge in [0.15, 0.2) is 0 Å². The number of halogens is 1. The van der Waals surface area contributed by atoms with Crippen molar-refractivity contribution >= 4 is 23.4 Å². The van der Waals surface area contributed by atoms with Crippen molar-refractivity contribution in [2.75, 3.05) is 32.6 Å². The molecule has 0 aliphatic heterocycles. The van der Waals surface area contributed by atoms with E-state index in [0.717, 1.165) is 41.9 Å². The second-order valence-electron chi connectivity index (χ2n) is 3.24. The molecule has 0 spiro atoms. The lowest BCUT2D eigenvalue weighted by Gasteiger charge is -2.04. The van der Waals surface area contributed by atoms with E-state index in [9.17, 15) is 0 Å². The maximum atomic E-state index is 5.99. The van der Waals surface area contributed by atoms with E-state index in [2.05, 4.69) is 10.3 Å². The van der Waals surface area contributed by atoms with E-state index in [1.165, 1.54) is 0 Å². The molecule has 0 saturated carbocycles. The van der Waals surface area contributed by atoms with Crippen LogP contribution in [0.3, 0.4) is 0 Å². The molecule has 1 aromatic heterocycles. The van der Waals surface area contributed by atoms with Gasteiger partial charge in [-0.3, -0.25) is 0 Å². The highest BCUT2D eigenvalue weighted by Gasteiger charge is 2.00. The van der Waals surface area contributed by atoms with Gasteiger partial charge in [0.05, 0.1) is 11.6 Å². The minimum Gasteiger partial charge on any atom is -0.383 e. The summed E-state index contributed by atoms with van der Waals surface area (Å²) in [7, 11) is 1.71. The average Bonchev–Trinajstić information content (AvgIpc) is 2.30. The number of nitrogens with zero attached hydrogens (tertiary/aromatic N) is 1. The van der Waals surface area contributed by atoms with Crippen LogP contribution in [0.1, 0.15) is 6.42 Å². The van der Waals surface area contributed by atoms with Crippen LogP contribution in [0.2, 0.25) is 5.02 Å². The molecule has 0 saturated heterocycles. The molecule has 1 N–H and O–H groups in total. The summed E-state index contributed by atoms with van der Waals surface area (Å²) < 4.78 is 4.94. The van der Waals surface area contributed by atoms with Crippen LogP contribution in [0.25, 0.3) is 0 Å². The first-order valence-corrected chi connectivity index (χ1v) is 6.64. The summed E-state index contributed by atoms with van der Waals surface area (Å²) in [5.74, 6) is 1.02. The smallest absolute Gasteiger partial charge is 0.115 e. The number of thioether (sulfide) groups is 1. The van der Waals surface area contributed by atoms with Gasteiger partial charge in [-0.2, -0.15) is 0 Å². The van der Waals surface area contributed by atoms with Crippen molar-refractivity contribution in [3.63, 3.8) is 0 Å². The quantitative estimate of drug-likeness (QED) is 0.575. The molecular weight excluding hydrogens is 244 g/mol. The van der Waals surface area contributed by atoms with Crippen LogP contribution in [-0.2, 0) is 4.74 Å². The molecule has 5 heteroatoms. The zero-order valence-corrected chi connectivity index (χ0v) is 11.0. The maximum absolute atomic E-state index is 5.99. The molecule has 1 rings (SSSR count). The zero-order chi connectivity index (χ0) is 11.6. The lowest BCUT2D eigenvalue weighted by atomic mass is 10.5. The summed E-state index contributed by atoms with van der Waals surface area (Å²) in [6.07, 6.45) is 2.87. The second-order valence-corrected chi connectivity index (χ2v) is 4.73. The number of hydrogen-bond donors (Lipinski definition) is 1. The van der Waals surface area contributed by atoms with Gasteiger partial charge in [0.2, 0.25) is 0 Å². The highest BCUT2D eigenvalue weighted by Crippen LogP contribution is 2.24. The third-order valence-electron chi connectivity index (χ3n) is 1.94. The SMILES string of the molecule is COCCNCCCSc1ncccc1Cl. The van der Waals surface area contributed by atoms with Crippen molar-refractivity contribution in [2.45, 2.75) is 11.4 Å². The van der Waals surface area contributed by atoms with E-state index in [1.807, 2.05) is 12.1 Å². The summed E-state index contributed by atoms with van der Waals surface area (Å²) in [6, 6.07) is 3.71. The predicted octanol–water partition coefficient (Wildman–Crippen LogP) is 2.45. The minimum absolute atomic E-state index is 0.736. The third-order valence-corrected chi connectivity index (χ3v) is 3.45. The van der Waals surface area contributed by atoms with E-state index in [-0.39, 0.29) is 0 Å². The Kier molecular flexibility index (Phi) is 7.59. The van der Waals surface area contributed by atoms with Gasteiger partial charge in [0, 0.05) is 25.6 Å². The maximum Gasteiger partial charge on any atom is 0.115 e. The summed E-state index contributed by atoms with van der Waals surface area (Å²) in [5, 5.41) is 4.95. The summed E-state index contributed by atoms with van der Waals surface area (Å²) in [6.45, 7) is 2.67. The van der Waals surface area contributed by atoms with Crippen molar-refractivity contribution in [3.05, 3.63) is 23.4 Å². The number of hydrogen-bond acceptors (Lipinski definition) is 4. The number of methoxy groups -OCH3 is 1. The molecule has 16 heavy (non-hydrogen) atoms. The lowest BCUT2D eigenvalue weighted by molar-refractivity contribution is 0.199. The Labute approximate surface area is 106 Å². The highest BCUT2D eigenvalue weighted by molar-refractivity contribution is 7.99. The largest absolute Gasteiger partial charge is 0.383 e. The van der Waals surface area contributed by atoms with Crippen molar-refractivity contribution in [2.24, 2.45) is 0 Å². The molecule has 0 aliphatic carbocycles. The van der Waals surface area contributed by atoms with Crippen LogP contribution in [0.4, 0.5) is 0 Å². The van der Waals surface area contributed by atoms with Crippen molar-refractivity contribution in [1.29, 1.82) is 0 Å². The van der Waals surface area contributed by atoms with Gasteiger partial charge in [-0.05, 0) is 25.1 Å². The first-order chi connectivity index (χ1) is 7.84. The molecule has 3 nitrogen and oxygen atoms in total. The molecule has 1 aromatic rings. The molecule has 0 aromatic carbocycles. The summed E-state index contributed by atoms with van der Waals surface area (Å²) in [5.41, 5.74) is 0. The minimum atomic E-state index is 0.736. The molecular formula is C11H17ClN2OS. The summed E-state index contributed by atoms with van der Waals surface area (Å²) >= 11 is 7.69. The van der Waals surface area contributed by atoms with Gasteiger partial charge >= 0.3 is 0 Å². The van der Waals surface area contributed by atoms with Crippen molar-refractivity contribution < 1.29 is 4.74 Å². The first kappa shape index (κ1) is 13.8. The Morgan fingerprint density at radius 1 is 1.50 bits per heavy atom. The number of rotatable bonds is 8. The van der Waals surface area contributed by atoms with Gasteiger partial charge in [-0.25, -0.2) is 4.98 Å². The average molecular weight is 261 g/mol. The van der Waals surface area contributed by atoms with Crippen LogP contribution in [0.5, 0.6) is 0 Å². The Hall–Kier alpha value is -0.290. The van der Waals surface area contributed by atoms with Crippen LogP contribution in [0.15, 0.2) is 23.4 Å². The molecule has 0 atom stereocenters. The van der Waals surface area contributed by atoms with Gasteiger partial charge in [0.25, 0.3) is 0 Å². The Balaban J connectivity index is 2.05. The van der Waals surface area contributed by atoms with E-state index in [1.54, 1.807) is 25.1 Å². The Morgan fingerprint density at radius 2 is 2.38 bits per heavy atom. The molecule has 0 aliphatic rings. The lowest BCUT2D eigenvalue weighted by Crippen LogP contribution is -2.20. The van der Waals surface area contributed by atoms with Crippen LogP contribution in [-0.4, -0.2) is 37.5 Å². The fourth-order valence-electron chi connectivity index (χ4n) is 1.14. The second kappa shape index (κ2) is 8.82. The standard InChI is InChI=1S/C11H17ClN2OS/c1-15-8-7-13-5-3-9-16-11-10(12)4-2-6-14-11/h2,4,6,13H,3,5,7-9H2,1H3. The normalized spacial score (nSPS) is 10.6. The fraction of sp³-hybridized carbons (Fsp3) is 0.545. The van der Waals surface area contributed by atoms with Crippen LogP contribution < -0.4 is 5.32 Å². The Morgan fingerprint density at radius 3 is 3.12 bits per heavy atom. The third kappa shape index (κ3) is 5.70. The predicted molar refractivity (Wildman–Crippen MR) is 69.3 cm³/mol.